The molecule has 0 saturated carbocycles. The fourth-order valence-corrected chi connectivity index (χ4v) is 15.6. The number of benzene rings is 14. The number of thiophene rings is 2. The monoisotopic (exact) mass is 1140 g/mol. The summed E-state index contributed by atoms with van der Waals surface area (Å²) >= 11 is 3.43. The third-order valence-electron chi connectivity index (χ3n) is 17.2. The maximum atomic E-state index is 19.1. The van der Waals surface area contributed by atoms with Gasteiger partial charge in [0.25, 0.3) is 0 Å². The highest BCUT2D eigenvalue weighted by atomic mass is 32.1. The van der Waals surface area contributed by atoms with E-state index in [1.54, 1.807) is 34.8 Å². The second-order valence-electron chi connectivity index (χ2n) is 23.4. The molecule has 16 rings (SSSR count). The Balaban J connectivity index is 1.11. The molecule has 0 fully saturated rings. The van der Waals surface area contributed by atoms with Gasteiger partial charge in [0.05, 0.1) is 43.5 Å². The molecule has 0 saturated heterocycles. The highest BCUT2D eigenvalue weighted by Gasteiger charge is 2.33. The van der Waals surface area contributed by atoms with Crippen LogP contribution in [0.15, 0.2) is 273 Å². The van der Waals surface area contributed by atoms with E-state index in [-0.39, 0.29) is 17.0 Å². The van der Waals surface area contributed by atoms with Crippen molar-refractivity contribution in [2.75, 3.05) is 9.80 Å². The molecule has 2 heterocycles. The summed E-state index contributed by atoms with van der Waals surface area (Å²) in [6.07, 6.45) is 0. The zero-order valence-corrected chi connectivity index (χ0v) is 49.1. The molecule has 0 aliphatic rings. The molecule has 0 aliphatic heterocycles. The zero-order valence-electron chi connectivity index (χ0n) is 47.4. The first-order valence-electron chi connectivity index (χ1n) is 29.2. The van der Waals surface area contributed by atoms with Crippen LogP contribution in [0.3, 0.4) is 0 Å². The van der Waals surface area contributed by atoms with Crippen molar-refractivity contribution in [3.63, 3.8) is 0 Å². The maximum Gasteiger partial charge on any atom is 0.148 e. The van der Waals surface area contributed by atoms with Crippen molar-refractivity contribution >= 4 is 129 Å². The predicted octanol–water partition coefficient (Wildman–Crippen LogP) is 24.5. The lowest BCUT2D eigenvalue weighted by Crippen LogP contribution is -2.17. The molecule has 0 radical (unpaired) electrons. The van der Waals surface area contributed by atoms with Crippen molar-refractivity contribution in [3.05, 3.63) is 290 Å². The number of hydrogen-bond donors (Lipinski definition) is 0. The van der Waals surface area contributed by atoms with Gasteiger partial charge in [-0.25, -0.2) is 8.78 Å². The van der Waals surface area contributed by atoms with Crippen molar-refractivity contribution in [2.45, 2.75) is 26.2 Å². The van der Waals surface area contributed by atoms with Crippen LogP contribution in [-0.2, 0) is 5.41 Å². The molecule has 2 aromatic heterocycles. The van der Waals surface area contributed by atoms with Gasteiger partial charge in [0.2, 0.25) is 0 Å². The van der Waals surface area contributed by atoms with Crippen molar-refractivity contribution in [2.24, 2.45) is 0 Å². The molecule has 0 amide bonds. The van der Waals surface area contributed by atoms with E-state index >= 15 is 8.78 Å². The molecule has 0 N–H and O–H groups in total. The van der Waals surface area contributed by atoms with Crippen LogP contribution < -0.4 is 9.80 Å². The first-order chi connectivity index (χ1) is 42.1. The number of rotatable bonds is 10. The lowest BCUT2D eigenvalue weighted by molar-refractivity contribution is 0.591. The van der Waals surface area contributed by atoms with E-state index in [0.717, 1.165) is 140 Å². The van der Waals surface area contributed by atoms with Gasteiger partial charge in [0.1, 0.15) is 11.6 Å². The van der Waals surface area contributed by atoms with Crippen LogP contribution >= 0.6 is 22.7 Å². The average Bonchev–Trinajstić information content (AvgIpc) is 0.903. The molecule has 86 heavy (non-hydrogen) atoms. The van der Waals surface area contributed by atoms with Crippen LogP contribution in [0.1, 0.15) is 26.3 Å². The lowest BCUT2D eigenvalue weighted by atomic mass is 9.83. The minimum absolute atomic E-state index is 0.144. The Labute approximate surface area is 505 Å². The smallest absolute Gasteiger partial charge is 0.148 e. The molecule has 0 aliphatic carbocycles. The molecule has 0 atom stereocenters. The highest BCUT2D eigenvalue weighted by molar-refractivity contribution is 7.26. The first-order valence-corrected chi connectivity index (χ1v) is 30.8. The largest absolute Gasteiger partial charge is 0.305 e. The van der Waals surface area contributed by atoms with Gasteiger partial charge in [0.15, 0.2) is 0 Å². The van der Waals surface area contributed by atoms with E-state index in [0.29, 0.717) is 11.4 Å². The summed E-state index contributed by atoms with van der Waals surface area (Å²) in [5.41, 5.74) is 11.6. The number of fused-ring (bicyclic) bond motifs is 6. The number of nitrogens with zero attached hydrogens (tertiary/aromatic N) is 2. The van der Waals surface area contributed by atoms with E-state index < -0.39 is 0 Å². The van der Waals surface area contributed by atoms with Crippen LogP contribution in [0.25, 0.3) is 117 Å². The fraction of sp³-hybridized carbons (Fsp3) is 0.0500. The number of anilines is 6. The molecular formula is C80H54F2N2S2. The van der Waals surface area contributed by atoms with Gasteiger partial charge in [-0.15, -0.1) is 22.7 Å². The van der Waals surface area contributed by atoms with Crippen molar-refractivity contribution in [1.82, 2.24) is 0 Å². The Kier molecular flexibility index (Phi) is 12.2. The summed E-state index contributed by atoms with van der Waals surface area (Å²) in [7, 11) is 0. The molecule has 6 heteroatoms. The Hall–Kier alpha value is -9.98. The molecule has 410 valence electrons. The van der Waals surface area contributed by atoms with Gasteiger partial charge in [0, 0.05) is 58.2 Å². The van der Waals surface area contributed by atoms with Crippen molar-refractivity contribution in [1.29, 1.82) is 0 Å². The third kappa shape index (κ3) is 8.46. The molecule has 0 unspecified atom stereocenters. The minimum atomic E-state index is -0.383. The Morgan fingerprint density at radius 3 is 1.10 bits per heavy atom. The molecule has 14 aromatic carbocycles. The minimum Gasteiger partial charge on any atom is -0.305 e. The topological polar surface area (TPSA) is 6.48 Å². The summed E-state index contributed by atoms with van der Waals surface area (Å²) in [5, 5.41) is 10.6. The maximum absolute atomic E-state index is 19.1. The van der Waals surface area contributed by atoms with Gasteiger partial charge in [-0.2, -0.15) is 0 Å². The van der Waals surface area contributed by atoms with Gasteiger partial charge < -0.3 is 9.80 Å². The Morgan fingerprint density at radius 2 is 0.686 bits per heavy atom. The van der Waals surface area contributed by atoms with E-state index in [1.807, 2.05) is 97.1 Å². The predicted molar refractivity (Wildman–Crippen MR) is 366 cm³/mol. The summed E-state index contributed by atoms with van der Waals surface area (Å²) in [6.45, 7) is 6.79. The van der Waals surface area contributed by atoms with Crippen LogP contribution in [-0.4, -0.2) is 0 Å². The molecular weight excluding hydrogens is 1090 g/mol. The van der Waals surface area contributed by atoms with Crippen LogP contribution in [0.5, 0.6) is 0 Å². The van der Waals surface area contributed by atoms with E-state index in [2.05, 4.69) is 194 Å². The van der Waals surface area contributed by atoms with E-state index in [4.69, 9.17) is 0 Å². The quantitative estimate of drug-likeness (QED) is 0.126. The standard InChI is InChI=1S/C80H54F2N2S2/c1-80(2,3)57-42-53-38-40-62-70(83(68-34-20-32-60-58-30-16-18-36-72(58)85-78(60)68)76-64(51-26-12-6-13-27-51)44-55(46-66(76)81)49-22-8-4-9-23-49)48-71(63-41-39-54(43-57)74(53)75(62)63)84(69-35-21-33-61-59-31-17-19-37-73(59)86-79(61)69)77-65(52-28-14-7-15-29-52)45-56(47-67(77)82)50-24-10-5-11-25-50/h4-48H,1-3H3. The average molecular weight is 1150 g/mol. The highest BCUT2D eigenvalue weighted by Crippen LogP contribution is 2.57. The van der Waals surface area contributed by atoms with Crippen molar-refractivity contribution < 1.29 is 8.78 Å². The van der Waals surface area contributed by atoms with Gasteiger partial charge >= 0.3 is 0 Å². The first kappa shape index (κ1) is 51.6. The number of halogens is 2. The second kappa shape index (κ2) is 20.4. The molecule has 0 bridgehead atoms. The van der Waals surface area contributed by atoms with Crippen molar-refractivity contribution in [3.8, 4) is 44.5 Å². The third-order valence-corrected chi connectivity index (χ3v) is 19.6. The summed E-state index contributed by atoms with van der Waals surface area (Å²) in [4.78, 5) is 4.40. The van der Waals surface area contributed by atoms with Gasteiger partial charge in [-0.05, 0) is 115 Å². The van der Waals surface area contributed by atoms with Crippen LogP contribution in [0.4, 0.5) is 42.9 Å². The van der Waals surface area contributed by atoms with Gasteiger partial charge in [-0.1, -0.05) is 239 Å². The lowest BCUT2D eigenvalue weighted by Gasteiger charge is -2.34. The van der Waals surface area contributed by atoms with Crippen LogP contribution in [0.2, 0.25) is 0 Å². The Bertz CT molecular complexity index is 4980. The molecule has 2 nitrogen and oxygen atoms in total. The summed E-state index contributed by atoms with van der Waals surface area (Å²) in [6, 6.07) is 94.1. The van der Waals surface area contributed by atoms with E-state index in [9.17, 15) is 0 Å². The fourth-order valence-electron chi connectivity index (χ4n) is 13.2. The second-order valence-corrected chi connectivity index (χ2v) is 25.5. The zero-order chi connectivity index (χ0) is 57.8. The summed E-state index contributed by atoms with van der Waals surface area (Å²) < 4.78 is 42.5. The molecule has 0 spiro atoms. The Morgan fingerprint density at radius 1 is 0.302 bits per heavy atom. The van der Waals surface area contributed by atoms with Crippen LogP contribution in [0, 0.1) is 11.6 Å². The normalized spacial score (nSPS) is 12.0. The SMILES string of the molecule is CC(C)(C)c1cc2ccc3c(N(c4c(F)cc(-c5ccccc5)cc4-c4ccccc4)c4cccc5c4sc4ccccc45)cc(N(c4c(F)cc(-c5ccccc5)cc4-c4ccccc4)c4cccc5c4sc4ccccc45)c4ccc(c1)c2c34. The summed E-state index contributed by atoms with van der Waals surface area (Å²) in [5.74, 6) is -0.766. The van der Waals surface area contributed by atoms with E-state index in [1.165, 1.54) is 5.56 Å². The number of hydrogen-bond acceptors (Lipinski definition) is 4. The van der Waals surface area contributed by atoms with Gasteiger partial charge in [-0.3, -0.25) is 0 Å². The molecule has 16 aromatic rings.